The zero-order valence-corrected chi connectivity index (χ0v) is 11.7. The van der Waals surface area contributed by atoms with E-state index < -0.39 is 0 Å². The number of nitrogens with one attached hydrogen (secondary N) is 1. The topological polar surface area (TPSA) is 41.6 Å². The van der Waals surface area contributed by atoms with Crippen LogP contribution in [0, 0.1) is 5.92 Å². The summed E-state index contributed by atoms with van der Waals surface area (Å²) in [5.41, 5.74) is 0.951. The third-order valence-electron chi connectivity index (χ3n) is 3.65. The molecule has 0 bridgehead atoms. The number of hydrogen-bond donors (Lipinski definition) is 1. The summed E-state index contributed by atoms with van der Waals surface area (Å²) in [6, 6.07) is 7.68. The van der Waals surface area contributed by atoms with Crippen LogP contribution in [0.2, 0.25) is 0 Å². The average Bonchev–Trinajstić information content (AvgIpc) is 2.49. The van der Waals surface area contributed by atoms with E-state index in [2.05, 4.69) is 5.32 Å². The lowest BCUT2D eigenvalue weighted by atomic mass is 9.96. The zero-order chi connectivity index (χ0) is 13.7. The highest BCUT2D eigenvalue weighted by Crippen LogP contribution is 2.23. The molecule has 4 nitrogen and oxygen atoms in total. The van der Waals surface area contributed by atoms with Gasteiger partial charge in [0.2, 0.25) is 5.91 Å². The van der Waals surface area contributed by atoms with Crippen molar-refractivity contribution in [3.05, 3.63) is 24.3 Å². The summed E-state index contributed by atoms with van der Waals surface area (Å²) < 4.78 is 5.15. The molecule has 0 atom stereocenters. The molecule has 1 aromatic carbocycles. The Hall–Kier alpha value is -1.55. The fourth-order valence-corrected chi connectivity index (χ4v) is 2.52. The smallest absolute Gasteiger partial charge is 0.230 e. The van der Waals surface area contributed by atoms with Crippen LogP contribution >= 0.6 is 0 Å². The summed E-state index contributed by atoms with van der Waals surface area (Å²) in [5.74, 6) is 1.21. The Balaban J connectivity index is 2.11. The number of nitrogens with zero attached hydrogens (tertiary/aromatic N) is 1. The fraction of sp³-hybridized carbons (Fsp3) is 0.533. The largest absolute Gasteiger partial charge is 0.497 e. The Morgan fingerprint density at radius 1 is 1.32 bits per heavy atom. The van der Waals surface area contributed by atoms with Gasteiger partial charge in [-0.15, -0.1) is 0 Å². The number of benzene rings is 1. The molecule has 4 heteroatoms. The van der Waals surface area contributed by atoms with Gasteiger partial charge in [0.25, 0.3) is 0 Å². The Kier molecular flexibility index (Phi) is 4.80. The number of ether oxygens (including phenoxy) is 1. The third kappa shape index (κ3) is 3.26. The molecule has 2 rings (SSSR count). The molecular weight excluding hydrogens is 240 g/mol. The van der Waals surface area contributed by atoms with E-state index >= 15 is 0 Å². The molecule has 0 unspecified atom stereocenters. The molecule has 0 spiro atoms. The van der Waals surface area contributed by atoms with Crippen LogP contribution < -0.4 is 15.0 Å². The molecule has 0 aromatic heterocycles. The fourth-order valence-electron chi connectivity index (χ4n) is 2.52. The Morgan fingerprint density at radius 2 is 1.95 bits per heavy atom. The first-order valence-electron chi connectivity index (χ1n) is 6.92. The van der Waals surface area contributed by atoms with E-state index in [1.165, 1.54) is 0 Å². The molecule has 1 heterocycles. The maximum atomic E-state index is 12.6. The molecule has 1 saturated heterocycles. The number of hydrogen-bond acceptors (Lipinski definition) is 3. The minimum absolute atomic E-state index is 0.156. The van der Waals surface area contributed by atoms with Gasteiger partial charge in [0, 0.05) is 18.2 Å². The van der Waals surface area contributed by atoms with Gasteiger partial charge in [0.15, 0.2) is 0 Å². The van der Waals surface area contributed by atoms with Gasteiger partial charge in [-0.25, -0.2) is 0 Å². The van der Waals surface area contributed by atoms with Gasteiger partial charge in [-0.2, -0.15) is 0 Å². The number of rotatable bonds is 4. The summed E-state index contributed by atoms with van der Waals surface area (Å²) in [7, 11) is 1.65. The maximum Gasteiger partial charge on any atom is 0.230 e. The van der Waals surface area contributed by atoms with Gasteiger partial charge in [-0.05, 0) is 57.1 Å². The SMILES string of the molecule is CCN(C(=O)C1CCNCC1)c1ccc(OC)cc1. The van der Waals surface area contributed by atoms with Crippen LogP contribution in [0.1, 0.15) is 19.8 Å². The Bertz CT molecular complexity index is 411. The molecular formula is C15H22N2O2. The Labute approximate surface area is 114 Å². The summed E-state index contributed by atoms with van der Waals surface area (Å²) in [6.07, 6.45) is 1.87. The van der Waals surface area contributed by atoms with Crippen molar-refractivity contribution < 1.29 is 9.53 Å². The first-order chi connectivity index (χ1) is 9.26. The molecule has 104 valence electrons. The summed E-state index contributed by atoms with van der Waals surface area (Å²) >= 11 is 0. The lowest BCUT2D eigenvalue weighted by molar-refractivity contribution is -0.123. The van der Waals surface area contributed by atoms with Crippen LogP contribution in [0.4, 0.5) is 5.69 Å². The monoisotopic (exact) mass is 262 g/mol. The first-order valence-corrected chi connectivity index (χ1v) is 6.92. The average molecular weight is 262 g/mol. The van der Waals surface area contributed by atoms with Crippen molar-refractivity contribution >= 4 is 11.6 Å². The van der Waals surface area contributed by atoms with E-state index in [4.69, 9.17) is 4.74 Å². The predicted octanol–water partition coefficient (Wildman–Crippen LogP) is 2.05. The number of piperidine rings is 1. The van der Waals surface area contributed by atoms with Crippen molar-refractivity contribution in [3.63, 3.8) is 0 Å². The standard InChI is InChI=1S/C15H22N2O2/c1-3-17(13-4-6-14(19-2)7-5-13)15(18)12-8-10-16-11-9-12/h4-7,12,16H,3,8-11H2,1-2H3. The van der Waals surface area contributed by atoms with Crippen molar-refractivity contribution in [3.8, 4) is 5.75 Å². The van der Waals surface area contributed by atoms with Crippen LogP contribution in [0.5, 0.6) is 5.75 Å². The lowest BCUT2D eigenvalue weighted by Gasteiger charge is -2.29. The minimum Gasteiger partial charge on any atom is -0.497 e. The van der Waals surface area contributed by atoms with E-state index in [0.29, 0.717) is 6.54 Å². The van der Waals surface area contributed by atoms with Crippen molar-refractivity contribution in [2.45, 2.75) is 19.8 Å². The summed E-state index contributed by atoms with van der Waals surface area (Å²) in [4.78, 5) is 14.4. The molecule has 1 amide bonds. The van der Waals surface area contributed by atoms with Crippen molar-refractivity contribution in [1.82, 2.24) is 5.32 Å². The van der Waals surface area contributed by atoms with Crippen molar-refractivity contribution in [2.75, 3.05) is 31.6 Å². The third-order valence-corrected chi connectivity index (χ3v) is 3.65. The summed E-state index contributed by atoms with van der Waals surface area (Å²) in [6.45, 7) is 4.60. The number of amides is 1. The molecule has 1 aliphatic rings. The predicted molar refractivity (Wildman–Crippen MR) is 76.6 cm³/mol. The first kappa shape index (κ1) is 13.9. The van der Waals surface area contributed by atoms with Gasteiger partial charge in [-0.1, -0.05) is 0 Å². The van der Waals surface area contributed by atoms with Crippen molar-refractivity contribution in [2.24, 2.45) is 5.92 Å². The molecule has 0 saturated carbocycles. The quantitative estimate of drug-likeness (QED) is 0.903. The van der Waals surface area contributed by atoms with E-state index in [9.17, 15) is 4.79 Å². The highest BCUT2D eigenvalue weighted by atomic mass is 16.5. The van der Waals surface area contributed by atoms with Crippen LogP contribution in [-0.2, 0) is 4.79 Å². The van der Waals surface area contributed by atoms with Crippen LogP contribution in [0.3, 0.4) is 0 Å². The number of carbonyl (C=O) groups is 1. The Morgan fingerprint density at radius 3 is 2.47 bits per heavy atom. The van der Waals surface area contributed by atoms with Crippen molar-refractivity contribution in [1.29, 1.82) is 0 Å². The van der Waals surface area contributed by atoms with Gasteiger partial charge in [0.1, 0.15) is 5.75 Å². The highest BCUT2D eigenvalue weighted by molar-refractivity contribution is 5.95. The van der Waals surface area contributed by atoms with Crippen LogP contribution in [-0.4, -0.2) is 32.7 Å². The molecule has 0 radical (unpaired) electrons. The highest BCUT2D eigenvalue weighted by Gasteiger charge is 2.25. The molecule has 0 aliphatic carbocycles. The second-order valence-corrected chi connectivity index (χ2v) is 4.80. The second-order valence-electron chi connectivity index (χ2n) is 4.80. The zero-order valence-electron chi connectivity index (χ0n) is 11.7. The van der Waals surface area contributed by atoms with E-state index in [-0.39, 0.29) is 11.8 Å². The van der Waals surface area contributed by atoms with E-state index in [1.54, 1.807) is 7.11 Å². The molecule has 1 aliphatic heterocycles. The number of methoxy groups -OCH3 is 1. The van der Waals surface area contributed by atoms with Gasteiger partial charge < -0.3 is 15.0 Å². The number of carbonyl (C=O) groups excluding carboxylic acids is 1. The van der Waals surface area contributed by atoms with Crippen LogP contribution in [0.25, 0.3) is 0 Å². The van der Waals surface area contributed by atoms with Gasteiger partial charge in [-0.3, -0.25) is 4.79 Å². The van der Waals surface area contributed by atoms with Gasteiger partial charge in [0.05, 0.1) is 7.11 Å². The number of anilines is 1. The molecule has 1 fully saturated rings. The molecule has 1 aromatic rings. The maximum absolute atomic E-state index is 12.6. The van der Waals surface area contributed by atoms with Crippen LogP contribution in [0.15, 0.2) is 24.3 Å². The van der Waals surface area contributed by atoms with E-state index in [1.807, 2.05) is 36.1 Å². The lowest BCUT2D eigenvalue weighted by Crippen LogP contribution is -2.41. The normalized spacial score (nSPS) is 16.1. The second kappa shape index (κ2) is 6.57. The summed E-state index contributed by atoms with van der Waals surface area (Å²) in [5, 5.41) is 3.29. The molecule has 19 heavy (non-hydrogen) atoms. The van der Waals surface area contributed by atoms with E-state index in [0.717, 1.165) is 37.4 Å². The minimum atomic E-state index is 0.156. The van der Waals surface area contributed by atoms with Gasteiger partial charge >= 0.3 is 0 Å². The molecule has 1 N–H and O–H groups in total.